The molecule has 6 heteroatoms. The number of methoxy groups -OCH3 is 2. The highest BCUT2D eigenvalue weighted by molar-refractivity contribution is 5.95. The summed E-state index contributed by atoms with van der Waals surface area (Å²) in [6.07, 6.45) is 0.696. The summed E-state index contributed by atoms with van der Waals surface area (Å²) in [5.41, 5.74) is 1.37. The molecule has 0 radical (unpaired) electrons. The van der Waals surface area contributed by atoms with Crippen LogP contribution in [0.4, 0.5) is 0 Å². The van der Waals surface area contributed by atoms with Crippen molar-refractivity contribution >= 4 is 11.8 Å². The van der Waals surface area contributed by atoms with E-state index in [2.05, 4.69) is 5.32 Å². The third kappa shape index (κ3) is 4.65. The average Bonchev–Trinajstić information content (AvgIpc) is 2.50. The summed E-state index contributed by atoms with van der Waals surface area (Å²) in [5.74, 6) is 1.06. The van der Waals surface area contributed by atoms with Crippen LogP contribution < -0.4 is 14.8 Å². The molecule has 22 heavy (non-hydrogen) atoms. The van der Waals surface area contributed by atoms with Gasteiger partial charge in [0.05, 0.1) is 14.2 Å². The van der Waals surface area contributed by atoms with E-state index in [4.69, 9.17) is 9.47 Å². The molecular weight excluding hydrogens is 284 g/mol. The maximum Gasteiger partial charge on any atom is 0.253 e. The lowest BCUT2D eigenvalue weighted by atomic mass is 10.1. The van der Waals surface area contributed by atoms with Crippen molar-refractivity contribution in [2.24, 2.45) is 0 Å². The zero-order chi connectivity index (χ0) is 16.7. The molecule has 0 aromatic heterocycles. The zero-order valence-electron chi connectivity index (χ0n) is 13.9. The fourth-order valence-corrected chi connectivity index (χ4v) is 2.11. The van der Waals surface area contributed by atoms with Gasteiger partial charge in [0.25, 0.3) is 5.91 Å². The van der Waals surface area contributed by atoms with Crippen molar-refractivity contribution < 1.29 is 19.1 Å². The first-order valence-corrected chi connectivity index (χ1v) is 7.13. The number of nitrogens with one attached hydrogen (secondary N) is 1. The van der Waals surface area contributed by atoms with Crippen LogP contribution in [0.5, 0.6) is 11.5 Å². The molecule has 0 aliphatic heterocycles. The Labute approximate surface area is 131 Å². The van der Waals surface area contributed by atoms with E-state index in [1.807, 2.05) is 6.92 Å². The van der Waals surface area contributed by atoms with Crippen LogP contribution in [-0.2, 0) is 4.79 Å². The molecule has 0 atom stereocenters. The van der Waals surface area contributed by atoms with E-state index in [9.17, 15) is 9.59 Å². The molecule has 1 rings (SSSR count). The van der Waals surface area contributed by atoms with Crippen LogP contribution >= 0.6 is 0 Å². The van der Waals surface area contributed by atoms with Gasteiger partial charge in [0.1, 0.15) is 11.5 Å². The minimum atomic E-state index is -0.112. The van der Waals surface area contributed by atoms with E-state index in [0.717, 1.165) is 5.56 Å². The van der Waals surface area contributed by atoms with E-state index >= 15 is 0 Å². The normalized spacial score (nSPS) is 10.0. The number of carbonyl (C=O) groups is 2. The Balaban J connectivity index is 2.77. The maximum absolute atomic E-state index is 12.4. The summed E-state index contributed by atoms with van der Waals surface area (Å²) < 4.78 is 10.6. The highest BCUT2D eigenvalue weighted by atomic mass is 16.5. The number of nitrogens with zero attached hydrogens (tertiary/aromatic N) is 1. The first-order valence-electron chi connectivity index (χ1n) is 7.13. The van der Waals surface area contributed by atoms with Crippen LogP contribution in [0.15, 0.2) is 12.1 Å². The third-order valence-corrected chi connectivity index (χ3v) is 3.39. The van der Waals surface area contributed by atoms with Gasteiger partial charge < -0.3 is 19.7 Å². The number of amides is 2. The second-order valence-electron chi connectivity index (χ2n) is 5.07. The molecule has 0 fully saturated rings. The van der Waals surface area contributed by atoms with E-state index in [1.165, 1.54) is 6.92 Å². The number of hydrogen-bond donors (Lipinski definition) is 1. The minimum Gasteiger partial charge on any atom is -0.496 e. The largest absolute Gasteiger partial charge is 0.496 e. The maximum atomic E-state index is 12.4. The van der Waals surface area contributed by atoms with Gasteiger partial charge in [-0.15, -0.1) is 0 Å². The molecule has 0 unspecified atom stereocenters. The Morgan fingerprint density at radius 3 is 2.18 bits per heavy atom. The lowest BCUT2D eigenvalue weighted by Crippen LogP contribution is -2.30. The first kappa shape index (κ1) is 17.8. The molecule has 0 bridgehead atoms. The van der Waals surface area contributed by atoms with Crippen LogP contribution in [0.3, 0.4) is 0 Å². The molecule has 0 heterocycles. The van der Waals surface area contributed by atoms with Crippen LogP contribution in [0.2, 0.25) is 0 Å². The van der Waals surface area contributed by atoms with Gasteiger partial charge in [0.2, 0.25) is 5.91 Å². The molecule has 6 nitrogen and oxygen atoms in total. The van der Waals surface area contributed by atoms with Crippen molar-refractivity contribution in [3.8, 4) is 11.5 Å². The number of carbonyl (C=O) groups excluding carboxylic acids is 2. The number of benzene rings is 1. The van der Waals surface area contributed by atoms with Crippen molar-refractivity contribution in [2.75, 3.05) is 34.4 Å². The summed E-state index contributed by atoms with van der Waals surface area (Å²) >= 11 is 0. The van der Waals surface area contributed by atoms with Crippen molar-refractivity contribution in [3.05, 3.63) is 23.3 Å². The zero-order valence-corrected chi connectivity index (χ0v) is 13.9. The van der Waals surface area contributed by atoms with Crippen LogP contribution in [0.25, 0.3) is 0 Å². The van der Waals surface area contributed by atoms with Gasteiger partial charge >= 0.3 is 0 Å². The SMILES string of the molecule is COc1cc(C(=O)N(C)CCCNC(C)=O)cc(OC)c1C. The fraction of sp³-hybridized carbons (Fsp3) is 0.500. The van der Waals surface area contributed by atoms with Crippen molar-refractivity contribution in [2.45, 2.75) is 20.3 Å². The van der Waals surface area contributed by atoms with Gasteiger partial charge in [-0.05, 0) is 25.5 Å². The van der Waals surface area contributed by atoms with E-state index in [-0.39, 0.29) is 11.8 Å². The number of hydrogen-bond acceptors (Lipinski definition) is 4. The predicted molar refractivity (Wildman–Crippen MR) is 84.5 cm³/mol. The smallest absolute Gasteiger partial charge is 0.253 e. The summed E-state index contributed by atoms with van der Waals surface area (Å²) in [7, 11) is 4.86. The molecule has 0 saturated carbocycles. The monoisotopic (exact) mass is 308 g/mol. The fourth-order valence-electron chi connectivity index (χ4n) is 2.11. The van der Waals surface area contributed by atoms with Crippen molar-refractivity contribution in [1.82, 2.24) is 10.2 Å². The molecule has 1 aromatic rings. The van der Waals surface area contributed by atoms with Crippen LogP contribution in [0.1, 0.15) is 29.3 Å². The summed E-state index contributed by atoms with van der Waals surface area (Å²) in [5, 5.41) is 2.71. The standard InChI is InChI=1S/C16H24N2O4/c1-11-14(21-4)9-13(10-15(11)22-5)16(20)18(3)8-6-7-17-12(2)19/h9-10H,6-8H2,1-5H3,(H,17,19). The molecule has 0 aliphatic carbocycles. The molecule has 0 aliphatic rings. The molecule has 122 valence electrons. The topological polar surface area (TPSA) is 67.9 Å². The van der Waals surface area contributed by atoms with Crippen LogP contribution in [-0.4, -0.2) is 51.1 Å². The highest BCUT2D eigenvalue weighted by Gasteiger charge is 2.16. The lowest BCUT2D eigenvalue weighted by Gasteiger charge is -2.19. The Morgan fingerprint density at radius 2 is 1.73 bits per heavy atom. The Morgan fingerprint density at radius 1 is 1.18 bits per heavy atom. The quantitative estimate of drug-likeness (QED) is 0.777. The average molecular weight is 308 g/mol. The van der Waals surface area contributed by atoms with Gasteiger partial charge in [-0.2, -0.15) is 0 Å². The van der Waals surface area contributed by atoms with Gasteiger partial charge in [-0.3, -0.25) is 9.59 Å². The minimum absolute atomic E-state index is 0.0676. The molecule has 0 saturated heterocycles. The van der Waals surface area contributed by atoms with Crippen molar-refractivity contribution in [1.29, 1.82) is 0 Å². The summed E-state index contributed by atoms with van der Waals surface area (Å²) in [4.78, 5) is 24.9. The molecule has 1 N–H and O–H groups in total. The Bertz CT molecular complexity index is 518. The van der Waals surface area contributed by atoms with E-state index in [1.54, 1.807) is 38.3 Å². The highest BCUT2D eigenvalue weighted by Crippen LogP contribution is 2.29. The molecule has 1 aromatic carbocycles. The summed E-state index contributed by atoms with van der Waals surface area (Å²) in [6.45, 7) is 4.45. The number of rotatable bonds is 7. The molecule has 0 spiro atoms. The number of ether oxygens (including phenoxy) is 2. The van der Waals surface area contributed by atoms with Crippen LogP contribution in [0, 0.1) is 6.92 Å². The predicted octanol–water partition coefficient (Wildman–Crippen LogP) is 1.61. The first-order chi connectivity index (χ1) is 10.4. The lowest BCUT2D eigenvalue weighted by molar-refractivity contribution is -0.118. The molecular formula is C16H24N2O4. The Kier molecular flexibility index (Phi) is 6.69. The Hall–Kier alpha value is -2.24. The van der Waals surface area contributed by atoms with Gasteiger partial charge in [0.15, 0.2) is 0 Å². The van der Waals surface area contributed by atoms with Crippen molar-refractivity contribution in [3.63, 3.8) is 0 Å². The van der Waals surface area contributed by atoms with Gasteiger partial charge in [-0.25, -0.2) is 0 Å². The van der Waals surface area contributed by atoms with Gasteiger partial charge in [0, 0.05) is 38.2 Å². The summed E-state index contributed by atoms with van der Waals surface area (Å²) in [6, 6.07) is 3.43. The second-order valence-corrected chi connectivity index (χ2v) is 5.07. The second kappa shape index (κ2) is 8.26. The van der Waals surface area contributed by atoms with E-state index in [0.29, 0.717) is 36.6 Å². The molecule has 2 amide bonds. The van der Waals surface area contributed by atoms with E-state index < -0.39 is 0 Å². The third-order valence-electron chi connectivity index (χ3n) is 3.39. The van der Waals surface area contributed by atoms with Gasteiger partial charge in [-0.1, -0.05) is 0 Å².